The quantitative estimate of drug-likeness (QED) is 0.873. The maximum absolute atomic E-state index is 5.70. The van der Waals surface area contributed by atoms with Crippen molar-refractivity contribution in [1.82, 2.24) is 0 Å². The lowest BCUT2D eigenvalue weighted by Crippen LogP contribution is -2.13. The topological polar surface area (TPSA) is 35.2 Å². The molecule has 2 aromatic rings. The summed E-state index contributed by atoms with van der Waals surface area (Å²) in [6.45, 7) is 0.454. The zero-order chi connectivity index (χ0) is 13.0. The third-order valence-corrected chi connectivity index (χ3v) is 3.24. The lowest BCUT2D eigenvalue weighted by atomic mass is 10.1. The summed E-state index contributed by atoms with van der Waals surface area (Å²) < 4.78 is 6.73. The predicted molar refractivity (Wildman–Crippen MR) is 80.8 cm³/mol. The molecule has 18 heavy (non-hydrogen) atoms. The smallest absolute Gasteiger partial charge is 0.119 e. The van der Waals surface area contributed by atoms with Crippen LogP contribution in [0.1, 0.15) is 11.1 Å². The molecule has 0 saturated heterocycles. The van der Waals surface area contributed by atoms with Crippen LogP contribution >= 0.6 is 28.1 Å². The van der Waals surface area contributed by atoms with Gasteiger partial charge >= 0.3 is 0 Å². The Kier molecular flexibility index (Phi) is 4.33. The van der Waals surface area contributed by atoms with Crippen LogP contribution in [0.25, 0.3) is 0 Å². The van der Waals surface area contributed by atoms with Gasteiger partial charge in [0.15, 0.2) is 0 Å². The molecule has 2 rings (SSSR count). The maximum Gasteiger partial charge on any atom is 0.119 e. The Morgan fingerprint density at radius 2 is 1.78 bits per heavy atom. The fraction of sp³-hybridized carbons (Fsp3) is 0.0714. The molecule has 2 nitrogen and oxygen atoms in total. The van der Waals surface area contributed by atoms with Crippen molar-refractivity contribution in [2.24, 2.45) is 5.73 Å². The van der Waals surface area contributed by atoms with Crippen LogP contribution in [0.4, 0.5) is 0 Å². The zero-order valence-corrected chi connectivity index (χ0v) is 12.0. The van der Waals surface area contributed by atoms with E-state index in [1.165, 1.54) is 0 Å². The number of halogens is 1. The second kappa shape index (κ2) is 5.98. The summed E-state index contributed by atoms with van der Waals surface area (Å²) in [4.78, 5) is 0.394. The number of hydrogen-bond donors (Lipinski definition) is 1. The largest absolute Gasteiger partial charge is 0.489 e. The molecule has 0 aromatic heterocycles. The van der Waals surface area contributed by atoms with E-state index in [-0.39, 0.29) is 0 Å². The Morgan fingerprint density at radius 3 is 2.44 bits per heavy atom. The molecule has 2 N–H and O–H groups in total. The summed E-state index contributed by atoms with van der Waals surface area (Å²) >= 11 is 8.40. The van der Waals surface area contributed by atoms with E-state index in [1.807, 2.05) is 48.5 Å². The molecule has 0 spiro atoms. The fourth-order valence-corrected chi connectivity index (χ4v) is 2.04. The molecule has 92 valence electrons. The van der Waals surface area contributed by atoms with Crippen molar-refractivity contribution in [2.75, 3.05) is 0 Å². The van der Waals surface area contributed by atoms with Gasteiger partial charge in [0.25, 0.3) is 0 Å². The molecule has 0 amide bonds. The van der Waals surface area contributed by atoms with Crippen LogP contribution in [0.5, 0.6) is 5.75 Å². The van der Waals surface area contributed by atoms with Crippen LogP contribution in [0.3, 0.4) is 0 Å². The molecule has 0 aliphatic rings. The minimum absolute atomic E-state index is 0.394. The van der Waals surface area contributed by atoms with Gasteiger partial charge in [-0.1, -0.05) is 52.4 Å². The first-order valence-corrected chi connectivity index (χ1v) is 6.63. The Labute approximate surface area is 120 Å². The summed E-state index contributed by atoms with van der Waals surface area (Å²) in [5.74, 6) is 0.816. The van der Waals surface area contributed by atoms with E-state index in [4.69, 9.17) is 22.7 Å². The molecular formula is C14H12BrNOS. The first-order valence-electron chi connectivity index (χ1n) is 5.43. The highest BCUT2D eigenvalue weighted by atomic mass is 79.9. The minimum Gasteiger partial charge on any atom is -0.489 e. The van der Waals surface area contributed by atoms with Crippen LogP contribution in [0, 0.1) is 0 Å². The van der Waals surface area contributed by atoms with Crippen molar-refractivity contribution >= 4 is 33.1 Å². The molecule has 0 fully saturated rings. The average molecular weight is 322 g/mol. The highest BCUT2D eigenvalue weighted by Crippen LogP contribution is 2.18. The molecule has 0 aliphatic carbocycles. The second-order valence-electron chi connectivity index (χ2n) is 3.76. The van der Waals surface area contributed by atoms with Gasteiger partial charge in [0.2, 0.25) is 0 Å². The van der Waals surface area contributed by atoms with E-state index in [0.29, 0.717) is 11.6 Å². The number of nitrogens with two attached hydrogens (primary N) is 1. The Bertz CT molecular complexity index is 554. The minimum atomic E-state index is 0.394. The van der Waals surface area contributed by atoms with Crippen LogP contribution in [0.15, 0.2) is 53.0 Å². The van der Waals surface area contributed by atoms with E-state index in [0.717, 1.165) is 21.3 Å². The molecule has 0 radical (unpaired) electrons. The van der Waals surface area contributed by atoms with E-state index in [1.54, 1.807) is 0 Å². The van der Waals surface area contributed by atoms with Crippen LogP contribution < -0.4 is 10.5 Å². The monoisotopic (exact) mass is 321 g/mol. The highest BCUT2D eigenvalue weighted by molar-refractivity contribution is 9.10. The number of benzene rings is 2. The van der Waals surface area contributed by atoms with Crippen LogP contribution in [-0.4, -0.2) is 4.99 Å². The summed E-state index contributed by atoms with van der Waals surface area (Å²) in [5.41, 5.74) is 7.53. The molecule has 0 atom stereocenters. The number of hydrogen-bond acceptors (Lipinski definition) is 2. The fourth-order valence-electron chi connectivity index (χ4n) is 1.58. The molecule has 0 saturated carbocycles. The number of ether oxygens (including phenoxy) is 1. The van der Waals surface area contributed by atoms with Gasteiger partial charge in [0.05, 0.1) is 0 Å². The molecule has 0 aliphatic heterocycles. The molecule has 0 heterocycles. The van der Waals surface area contributed by atoms with Gasteiger partial charge in [0.1, 0.15) is 17.3 Å². The molecular weight excluding hydrogens is 310 g/mol. The average Bonchev–Trinajstić information content (AvgIpc) is 2.38. The summed E-state index contributed by atoms with van der Waals surface area (Å²) in [7, 11) is 0. The summed E-state index contributed by atoms with van der Waals surface area (Å²) in [6.07, 6.45) is 0. The van der Waals surface area contributed by atoms with Crippen molar-refractivity contribution in [3.05, 3.63) is 64.1 Å². The lowest BCUT2D eigenvalue weighted by Gasteiger charge is -2.10. The van der Waals surface area contributed by atoms with Crippen molar-refractivity contribution in [3.8, 4) is 5.75 Å². The number of rotatable bonds is 4. The second-order valence-corrected chi connectivity index (χ2v) is 5.12. The summed E-state index contributed by atoms with van der Waals surface area (Å²) in [5, 5.41) is 0. The van der Waals surface area contributed by atoms with Gasteiger partial charge in [-0.25, -0.2) is 0 Å². The van der Waals surface area contributed by atoms with E-state index in [9.17, 15) is 0 Å². The van der Waals surface area contributed by atoms with E-state index in [2.05, 4.69) is 15.9 Å². The molecule has 0 unspecified atom stereocenters. The Balaban J connectivity index is 2.10. The summed E-state index contributed by atoms with van der Waals surface area (Å²) in [6, 6.07) is 15.4. The maximum atomic E-state index is 5.70. The number of thiocarbonyl (C=S) groups is 1. The van der Waals surface area contributed by atoms with Crippen LogP contribution in [0.2, 0.25) is 0 Å². The van der Waals surface area contributed by atoms with Crippen molar-refractivity contribution in [2.45, 2.75) is 6.61 Å². The first-order chi connectivity index (χ1) is 8.66. The lowest BCUT2D eigenvalue weighted by molar-refractivity contribution is 0.306. The van der Waals surface area contributed by atoms with E-state index >= 15 is 0 Å². The molecule has 0 bridgehead atoms. The normalized spacial score (nSPS) is 10.1. The van der Waals surface area contributed by atoms with Gasteiger partial charge in [-0.2, -0.15) is 0 Å². The molecule has 2 aromatic carbocycles. The first kappa shape index (κ1) is 13.1. The highest BCUT2D eigenvalue weighted by Gasteiger charge is 2.04. The molecule has 4 heteroatoms. The standard InChI is InChI=1S/C14H12BrNOS/c15-11-5-7-12(8-6-11)17-9-10-3-1-2-4-13(10)14(16)18/h1-8H,9H2,(H2,16,18). The van der Waals surface area contributed by atoms with Crippen molar-refractivity contribution in [1.29, 1.82) is 0 Å². The Hall–Kier alpha value is -1.39. The van der Waals surface area contributed by atoms with Crippen molar-refractivity contribution in [3.63, 3.8) is 0 Å². The van der Waals surface area contributed by atoms with Gasteiger partial charge in [-0.05, 0) is 29.8 Å². The predicted octanol–water partition coefficient (Wildman–Crippen LogP) is 3.66. The van der Waals surface area contributed by atoms with Gasteiger partial charge in [-0.15, -0.1) is 0 Å². The zero-order valence-electron chi connectivity index (χ0n) is 9.60. The third-order valence-electron chi connectivity index (χ3n) is 2.49. The van der Waals surface area contributed by atoms with Crippen LogP contribution in [-0.2, 0) is 6.61 Å². The van der Waals surface area contributed by atoms with Crippen molar-refractivity contribution < 1.29 is 4.74 Å². The Morgan fingerprint density at radius 1 is 1.11 bits per heavy atom. The SMILES string of the molecule is NC(=S)c1ccccc1COc1ccc(Br)cc1. The van der Waals surface area contributed by atoms with E-state index < -0.39 is 0 Å². The van der Waals surface area contributed by atoms with Gasteiger partial charge < -0.3 is 10.5 Å². The van der Waals surface area contributed by atoms with Gasteiger partial charge in [0, 0.05) is 10.0 Å². The third kappa shape index (κ3) is 3.31. The van der Waals surface area contributed by atoms with Gasteiger partial charge in [-0.3, -0.25) is 0 Å².